The van der Waals surface area contributed by atoms with Gasteiger partial charge in [0.2, 0.25) is 0 Å². The molecule has 0 aliphatic carbocycles. The van der Waals surface area contributed by atoms with Crippen LogP contribution >= 0.6 is 0 Å². The molecule has 144 valence electrons. The lowest BCUT2D eigenvalue weighted by atomic mass is 10.1. The van der Waals surface area contributed by atoms with E-state index in [1.807, 2.05) is 26.0 Å². The van der Waals surface area contributed by atoms with E-state index >= 15 is 0 Å². The lowest BCUT2D eigenvalue weighted by Gasteiger charge is -2.33. The van der Waals surface area contributed by atoms with Crippen molar-refractivity contribution in [3.8, 4) is 5.75 Å². The van der Waals surface area contributed by atoms with Crippen molar-refractivity contribution in [3.05, 3.63) is 59.6 Å². The van der Waals surface area contributed by atoms with E-state index in [4.69, 9.17) is 9.15 Å². The molecule has 28 heavy (non-hydrogen) atoms. The van der Waals surface area contributed by atoms with Gasteiger partial charge in [-0.15, -0.1) is 0 Å². The first-order chi connectivity index (χ1) is 13.5. The number of fused-ring (bicyclic) bond motifs is 1. The molecule has 1 saturated heterocycles. The van der Waals surface area contributed by atoms with Gasteiger partial charge >= 0.3 is 6.09 Å². The Labute approximate surface area is 162 Å². The molecular weight excluding hydrogens is 358 g/mol. The number of ether oxygens (including phenoxy) is 1. The summed E-state index contributed by atoms with van der Waals surface area (Å²) in [5, 5.41) is 0.921. The number of rotatable bonds is 2. The predicted octanol–water partition coefficient (Wildman–Crippen LogP) is 3.40. The van der Waals surface area contributed by atoms with Crippen molar-refractivity contribution in [1.82, 2.24) is 14.8 Å². The van der Waals surface area contributed by atoms with Crippen molar-refractivity contribution in [2.45, 2.75) is 13.8 Å². The Balaban J connectivity index is 1.39. The number of furan rings is 1. The summed E-state index contributed by atoms with van der Waals surface area (Å²) >= 11 is 0. The summed E-state index contributed by atoms with van der Waals surface area (Å²) in [7, 11) is 0. The molecule has 1 fully saturated rings. The molecule has 7 heteroatoms. The number of piperazine rings is 1. The molecule has 4 rings (SSSR count). The van der Waals surface area contributed by atoms with Crippen molar-refractivity contribution in [2.75, 3.05) is 26.2 Å². The van der Waals surface area contributed by atoms with Crippen molar-refractivity contribution < 1.29 is 18.7 Å². The number of nitrogens with zero attached hydrogens (tertiary/aromatic N) is 3. The highest BCUT2D eigenvalue weighted by molar-refractivity contribution is 5.96. The molecule has 1 aliphatic heterocycles. The van der Waals surface area contributed by atoms with E-state index in [1.54, 1.807) is 34.2 Å². The number of amides is 2. The summed E-state index contributed by atoms with van der Waals surface area (Å²) in [5.41, 5.74) is 3.00. The second kappa shape index (κ2) is 7.34. The van der Waals surface area contributed by atoms with Crippen molar-refractivity contribution in [2.24, 2.45) is 0 Å². The number of hydrogen-bond donors (Lipinski definition) is 0. The normalized spacial score (nSPS) is 14.4. The molecule has 2 amide bonds. The van der Waals surface area contributed by atoms with Gasteiger partial charge in [-0.3, -0.25) is 9.78 Å². The molecule has 2 aromatic heterocycles. The molecule has 1 aliphatic rings. The zero-order valence-electron chi connectivity index (χ0n) is 15.8. The minimum atomic E-state index is -0.435. The zero-order chi connectivity index (χ0) is 19.7. The van der Waals surface area contributed by atoms with Gasteiger partial charge in [-0.1, -0.05) is 0 Å². The van der Waals surface area contributed by atoms with E-state index < -0.39 is 6.09 Å². The first-order valence-electron chi connectivity index (χ1n) is 9.18. The first-order valence-corrected chi connectivity index (χ1v) is 9.18. The molecule has 0 N–H and O–H groups in total. The Bertz CT molecular complexity index is 982. The molecule has 0 unspecified atom stereocenters. The van der Waals surface area contributed by atoms with Crippen LogP contribution in [-0.4, -0.2) is 53.0 Å². The SMILES string of the molecule is Cc1cc2cc(C(=O)N3CCN(C(=O)Oc4cccnc4)CC3)oc2cc1C. The van der Waals surface area contributed by atoms with E-state index in [2.05, 4.69) is 4.98 Å². The van der Waals surface area contributed by atoms with Gasteiger partial charge in [0.05, 0.1) is 6.20 Å². The number of carbonyl (C=O) groups excluding carboxylic acids is 2. The van der Waals surface area contributed by atoms with E-state index in [1.165, 1.54) is 6.20 Å². The molecule has 3 aromatic rings. The van der Waals surface area contributed by atoms with Gasteiger partial charge in [-0.05, 0) is 55.3 Å². The van der Waals surface area contributed by atoms with E-state index in [0.29, 0.717) is 43.3 Å². The van der Waals surface area contributed by atoms with Crippen molar-refractivity contribution in [1.29, 1.82) is 0 Å². The molecule has 0 spiro atoms. The zero-order valence-corrected chi connectivity index (χ0v) is 15.8. The minimum Gasteiger partial charge on any atom is -0.451 e. The average molecular weight is 379 g/mol. The number of hydrogen-bond acceptors (Lipinski definition) is 5. The third-order valence-electron chi connectivity index (χ3n) is 5.01. The van der Waals surface area contributed by atoms with Crippen LogP contribution in [-0.2, 0) is 0 Å². The fourth-order valence-electron chi connectivity index (χ4n) is 3.23. The number of benzene rings is 1. The molecule has 0 atom stereocenters. The van der Waals surface area contributed by atoms with Crippen LogP contribution in [0, 0.1) is 13.8 Å². The van der Waals surface area contributed by atoms with Gasteiger partial charge in [-0.2, -0.15) is 0 Å². The summed E-state index contributed by atoms with van der Waals surface area (Å²) in [6.07, 6.45) is 2.67. The number of pyridine rings is 1. The fraction of sp³-hybridized carbons (Fsp3) is 0.286. The maximum Gasteiger partial charge on any atom is 0.415 e. The highest BCUT2D eigenvalue weighted by Crippen LogP contribution is 2.24. The molecule has 0 saturated carbocycles. The summed E-state index contributed by atoms with van der Waals surface area (Å²) < 4.78 is 11.1. The Hall–Kier alpha value is -3.35. The largest absolute Gasteiger partial charge is 0.451 e. The van der Waals surface area contributed by atoms with Crippen LogP contribution in [0.15, 0.2) is 47.1 Å². The summed E-state index contributed by atoms with van der Waals surface area (Å²) in [6.45, 7) is 5.72. The third kappa shape index (κ3) is 3.55. The van der Waals surface area contributed by atoms with Crippen LogP contribution in [0.2, 0.25) is 0 Å². The standard InChI is InChI=1S/C21H21N3O4/c1-14-10-16-12-19(28-18(16)11-15(14)2)20(25)23-6-8-24(9-7-23)21(26)27-17-4-3-5-22-13-17/h3-5,10-13H,6-9H2,1-2H3. The average Bonchev–Trinajstić information content (AvgIpc) is 3.11. The molecule has 0 bridgehead atoms. The van der Waals surface area contributed by atoms with Crippen LogP contribution < -0.4 is 4.74 Å². The Morgan fingerprint density at radius 1 is 1.04 bits per heavy atom. The molecular formula is C21H21N3O4. The topological polar surface area (TPSA) is 75.9 Å². The summed E-state index contributed by atoms with van der Waals surface area (Å²) in [4.78, 5) is 32.3. The molecule has 1 aromatic carbocycles. The fourth-order valence-corrected chi connectivity index (χ4v) is 3.23. The lowest BCUT2D eigenvalue weighted by molar-refractivity contribution is 0.0606. The van der Waals surface area contributed by atoms with Crippen molar-refractivity contribution >= 4 is 23.0 Å². The number of aryl methyl sites for hydroxylation is 2. The monoisotopic (exact) mass is 379 g/mol. The van der Waals surface area contributed by atoms with Gasteiger partial charge in [-0.25, -0.2) is 4.79 Å². The first kappa shape index (κ1) is 18.0. The van der Waals surface area contributed by atoms with Crippen molar-refractivity contribution in [3.63, 3.8) is 0 Å². The van der Waals surface area contributed by atoms with E-state index in [9.17, 15) is 9.59 Å². The Kier molecular flexibility index (Phi) is 4.73. The minimum absolute atomic E-state index is 0.160. The van der Waals surface area contributed by atoms with E-state index in [0.717, 1.165) is 16.5 Å². The lowest BCUT2D eigenvalue weighted by Crippen LogP contribution is -2.51. The Morgan fingerprint density at radius 3 is 2.46 bits per heavy atom. The maximum absolute atomic E-state index is 12.8. The predicted molar refractivity (Wildman–Crippen MR) is 103 cm³/mol. The molecule has 0 radical (unpaired) electrons. The van der Waals surface area contributed by atoms with Crippen LogP contribution in [0.4, 0.5) is 4.79 Å². The van der Waals surface area contributed by atoms with Crippen LogP contribution in [0.5, 0.6) is 5.75 Å². The summed E-state index contributed by atoms with van der Waals surface area (Å²) in [6, 6.07) is 9.14. The molecule has 3 heterocycles. The quantitative estimate of drug-likeness (QED) is 0.682. The van der Waals surface area contributed by atoms with Gasteiger partial charge in [0, 0.05) is 37.8 Å². The van der Waals surface area contributed by atoms with Crippen LogP contribution in [0.25, 0.3) is 11.0 Å². The van der Waals surface area contributed by atoms with Gasteiger partial charge in [0.1, 0.15) is 5.58 Å². The molecule has 7 nitrogen and oxygen atoms in total. The third-order valence-corrected chi connectivity index (χ3v) is 5.01. The van der Waals surface area contributed by atoms with Gasteiger partial charge < -0.3 is 19.0 Å². The van der Waals surface area contributed by atoms with Crippen LogP contribution in [0.3, 0.4) is 0 Å². The highest BCUT2D eigenvalue weighted by atomic mass is 16.6. The second-order valence-corrected chi connectivity index (χ2v) is 6.92. The maximum atomic E-state index is 12.8. The van der Waals surface area contributed by atoms with Gasteiger partial charge in [0.25, 0.3) is 5.91 Å². The van der Waals surface area contributed by atoms with Crippen LogP contribution in [0.1, 0.15) is 21.7 Å². The number of carbonyl (C=O) groups is 2. The van der Waals surface area contributed by atoms with Gasteiger partial charge in [0.15, 0.2) is 11.5 Å². The number of aromatic nitrogens is 1. The highest BCUT2D eigenvalue weighted by Gasteiger charge is 2.27. The summed E-state index contributed by atoms with van der Waals surface area (Å²) in [5.74, 6) is 0.567. The smallest absolute Gasteiger partial charge is 0.415 e. The van der Waals surface area contributed by atoms with E-state index in [-0.39, 0.29) is 5.91 Å². The Morgan fingerprint density at radius 2 is 1.75 bits per heavy atom. The second-order valence-electron chi connectivity index (χ2n) is 6.92.